The molecular formula is C20H21F. The van der Waals surface area contributed by atoms with E-state index in [0.29, 0.717) is 5.56 Å². The standard InChI is InChI=1S/C20H21F/c1-3-5-6-8-16-9-11-17(12-10-16)19-14-13-18(7-4-2)20(21)15-19/h9-15H,3,5-6,8H2,1-2H3. The van der Waals surface area contributed by atoms with Crippen molar-refractivity contribution in [3.63, 3.8) is 0 Å². The highest BCUT2D eigenvalue weighted by Crippen LogP contribution is 2.22. The molecule has 0 aliphatic heterocycles. The predicted molar refractivity (Wildman–Crippen MR) is 87.6 cm³/mol. The van der Waals surface area contributed by atoms with Crippen LogP contribution in [0.3, 0.4) is 0 Å². The molecule has 0 aromatic heterocycles. The van der Waals surface area contributed by atoms with Gasteiger partial charge in [-0.25, -0.2) is 4.39 Å². The van der Waals surface area contributed by atoms with Gasteiger partial charge >= 0.3 is 0 Å². The summed E-state index contributed by atoms with van der Waals surface area (Å²) in [6.45, 7) is 3.93. The zero-order valence-corrected chi connectivity index (χ0v) is 12.7. The Balaban J connectivity index is 2.14. The summed E-state index contributed by atoms with van der Waals surface area (Å²) < 4.78 is 13.9. The molecule has 0 spiro atoms. The molecule has 2 aromatic rings. The number of unbranched alkanes of at least 4 members (excludes halogenated alkanes) is 2. The fraction of sp³-hybridized carbons (Fsp3) is 0.300. The third-order valence-corrected chi connectivity index (χ3v) is 3.59. The zero-order valence-electron chi connectivity index (χ0n) is 12.7. The number of benzene rings is 2. The van der Waals surface area contributed by atoms with Gasteiger partial charge in [0.2, 0.25) is 0 Å². The molecule has 1 heteroatoms. The van der Waals surface area contributed by atoms with Crippen LogP contribution in [-0.2, 0) is 6.42 Å². The topological polar surface area (TPSA) is 0 Å². The number of rotatable bonds is 5. The van der Waals surface area contributed by atoms with Crippen molar-refractivity contribution in [1.29, 1.82) is 0 Å². The van der Waals surface area contributed by atoms with Gasteiger partial charge in [0.1, 0.15) is 5.82 Å². The average Bonchev–Trinajstić information content (AvgIpc) is 2.50. The molecule has 0 unspecified atom stereocenters. The summed E-state index contributed by atoms with van der Waals surface area (Å²) in [5.41, 5.74) is 3.75. The number of aryl methyl sites for hydroxylation is 1. The van der Waals surface area contributed by atoms with Gasteiger partial charge in [0.15, 0.2) is 0 Å². The maximum Gasteiger partial charge on any atom is 0.139 e. The Bertz CT molecular complexity index is 642. The Morgan fingerprint density at radius 2 is 1.67 bits per heavy atom. The van der Waals surface area contributed by atoms with Crippen molar-refractivity contribution < 1.29 is 4.39 Å². The fourth-order valence-corrected chi connectivity index (χ4v) is 2.37. The molecule has 0 bridgehead atoms. The van der Waals surface area contributed by atoms with E-state index in [4.69, 9.17) is 0 Å². The van der Waals surface area contributed by atoms with Crippen LogP contribution >= 0.6 is 0 Å². The van der Waals surface area contributed by atoms with E-state index in [2.05, 4.69) is 43.0 Å². The van der Waals surface area contributed by atoms with E-state index in [1.165, 1.54) is 24.8 Å². The van der Waals surface area contributed by atoms with E-state index in [0.717, 1.165) is 17.5 Å². The van der Waals surface area contributed by atoms with Gasteiger partial charge in [0, 0.05) is 0 Å². The molecule has 0 radical (unpaired) electrons. The molecule has 0 saturated carbocycles. The lowest BCUT2D eigenvalue weighted by atomic mass is 10.0. The van der Waals surface area contributed by atoms with Crippen LogP contribution < -0.4 is 0 Å². The van der Waals surface area contributed by atoms with Crippen molar-refractivity contribution in [2.45, 2.75) is 39.5 Å². The maximum absolute atomic E-state index is 13.9. The van der Waals surface area contributed by atoms with E-state index < -0.39 is 0 Å². The molecule has 2 aromatic carbocycles. The van der Waals surface area contributed by atoms with Gasteiger partial charge in [0.25, 0.3) is 0 Å². The third-order valence-electron chi connectivity index (χ3n) is 3.59. The number of hydrogen-bond acceptors (Lipinski definition) is 0. The van der Waals surface area contributed by atoms with Crippen molar-refractivity contribution >= 4 is 0 Å². The smallest absolute Gasteiger partial charge is 0.139 e. The van der Waals surface area contributed by atoms with Crippen molar-refractivity contribution in [1.82, 2.24) is 0 Å². The van der Waals surface area contributed by atoms with Crippen LogP contribution in [0.1, 0.15) is 44.2 Å². The van der Waals surface area contributed by atoms with Gasteiger partial charge in [-0.15, -0.1) is 5.92 Å². The summed E-state index contributed by atoms with van der Waals surface area (Å²) in [5, 5.41) is 0. The highest BCUT2D eigenvalue weighted by atomic mass is 19.1. The first-order valence-corrected chi connectivity index (χ1v) is 7.56. The fourth-order valence-electron chi connectivity index (χ4n) is 2.37. The summed E-state index contributed by atoms with van der Waals surface area (Å²) in [4.78, 5) is 0. The molecule has 0 atom stereocenters. The molecule has 0 heterocycles. The third kappa shape index (κ3) is 4.20. The number of hydrogen-bond donors (Lipinski definition) is 0. The molecule has 0 aliphatic rings. The highest BCUT2D eigenvalue weighted by molar-refractivity contribution is 5.65. The lowest BCUT2D eigenvalue weighted by Gasteiger charge is -2.05. The molecule has 21 heavy (non-hydrogen) atoms. The summed E-state index contributed by atoms with van der Waals surface area (Å²) in [6, 6.07) is 13.7. The first-order chi connectivity index (χ1) is 10.2. The second kappa shape index (κ2) is 7.64. The van der Waals surface area contributed by atoms with Crippen LogP contribution in [0.2, 0.25) is 0 Å². The Morgan fingerprint density at radius 1 is 0.952 bits per heavy atom. The largest absolute Gasteiger partial charge is 0.206 e. The Hall–Kier alpha value is -2.07. The Kier molecular flexibility index (Phi) is 5.58. The molecule has 0 nitrogen and oxygen atoms in total. The average molecular weight is 280 g/mol. The zero-order chi connectivity index (χ0) is 15.1. The first-order valence-electron chi connectivity index (χ1n) is 7.56. The second-order valence-corrected chi connectivity index (χ2v) is 5.22. The van der Waals surface area contributed by atoms with Crippen molar-refractivity contribution in [3.05, 3.63) is 59.4 Å². The van der Waals surface area contributed by atoms with E-state index >= 15 is 0 Å². The second-order valence-electron chi connectivity index (χ2n) is 5.22. The van der Waals surface area contributed by atoms with Crippen LogP contribution in [-0.4, -0.2) is 0 Å². The predicted octanol–water partition coefficient (Wildman–Crippen LogP) is 5.60. The Labute approximate surface area is 127 Å². The van der Waals surface area contributed by atoms with Gasteiger partial charge in [0.05, 0.1) is 5.56 Å². The van der Waals surface area contributed by atoms with Gasteiger partial charge in [-0.3, -0.25) is 0 Å². The molecule has 0 saturated heterocycles. The van der Waals surface area contributed by atoms with Gasteiger partial charge in [-0.05, 0) is 48.6 Å². The Morgan fingerprint density at radius 3 is 2.29 bits per heavy atom. The molecule has 0 amide bonds. The van der Waals surface area contributed by atoms with E-state index in [1.807, 2.05) is 6.07 Å². The molecular weight excluding hydrogens is 259 g/mol. The van der Waals surface area contributed by atoms with Crippen molar-refractivity contribution in [2.24, 2.45) is 0 Å². The lowest BCUT2D eigenvalue weighted by molar-refractivity contribution is 0.625. The lowest BCUT2D eigenvalue weighted by Crippen LogP contribution is -1.88. The van der Waals surface area contributed by atoms with Gasteiger partial charge in [-0.1, -0.05) is 56.0 Å². The van der Waals surface area contributed by atoms with E-state index in [-0.39, 0.29) is 5.82 Å². The quantitative estimate of drug-likeness (QED) is 0.494. The van der Waals surface area contributed by atoms with E-state index in [1.54, 1.807) is 19.1 Å². The van der Waals surface area contributed by atoms with Crippen LogP contribution in [0.25, 0.3) is 11.1 Å². The summed E-state index contributed by atoms with van der Waals surface area (Å²) in [6.07, 6.45) is 4.86. The molecule has 0 N–H and O–H groups in total. The van der Waals surface area contributed by atoms with Crippen LogP contribution in [0.5, 0.6) is 0 Å². The van der Waals surface area contributed by atoms with Gasteiger partial charge < -0.3 is 0 Å². The molecule has 108 valence electrons. The minimum atomic E-state index is -0.256. The summed E-state index contributed by atoms with van der Waals surface area (Å²) >= 11 is 0. The summed E-state index contributed by atoms with van der Waals surface area (Å²) in [5.74, 6) is 5.24. The number of halogens is 1. The minimum Gasteiger partial charge on any atom is -0.206 e. The van der Waals surface area contributed by atoms with Gasteiger partial charge in [-0.2, -0.15) is 0 Å². The molecule has 0 aliphatic carbocycles. The SMILES string of the molecule is CC#Cc1ccc(-c2ccc(CCCCC)cc2)cc1F. The molecule has 0 fully saturated rings. The van der Waals surface area contributed by atoms with Crippen molar-refractivity contribution in [3.8, 4) is 23.0 Å². The normalized spacial score (nSPS) is 10.0. The van der Waals surface area contributed by atoms with E-state index in [9.17, 15) is 4.39 Å². The van der Waals surface area contributed by atoms with Crippen molar-refractivity contribution in [2.75, 3.05) is 0 Å². The maximum atomic E-state index is 13.9. The van der Waals surface area contributed by atoms with Crippen LogP contribution in [0.15, 0.2) is 42.5 Å². The highest BCUT2D eigenvalue weighted by Gasteiger charge is 2.03. The van der Waals surface area contributed by atoms with Crippen LogP contribution in [0.4, 0.5) is 4.39 Å². The monoisotopic (exact) mass is 280 g/mol. The first kappa shape index (κ1) is 15.3. The molecule has 2 rings (SSSR count). The van der Waals surface area contributed by atoms with Crippen LogP contribution in [0, 0.1) is 17.7 Å². The minimum absolute atomic E-state index is 0.256. The summed E-state index contributed by atoms with van der Waals surface area (Å²) in [7, 11) is 0.